The number of aromatic nitrogens is 3. The molecule has 3 rings (SSSR count). The van der Waals surface area contributed by atoms with E-state index in [0.29, 0.717) is 6.54 Å². The van der Waals surface area contributed by atoms with E-state index in [9.17, 15) is 0 Å². The number of aromatic amines is 1. The van der Waals surface area contributed by atoms with Crippen molar-refractivity contribution in [3.63, 3.8) is 0 Å². The molecule has 0 atom stereocenters. The van der Waals surface area contributed by atoms with Crippen molar-refractivity contribution < 1.29 is 0 Å². The van der Waals surface area contributed by atoms with Gasteiger partial charge in [-0.2, -0.15) is 5.10 Å². The number of H-pyrrole nitrogens is 1. The van der Waals surface area contributed by atoms with E-state index in [4.69, 9.17) is 5.73 Å². The van der Waals surface area contributed by atoms with Gasteiger partial charge in [-0.25, -0.2) is 0 Å². The summed E-state index contributed by atoms with van der Waals surface area (Å²) in [6.45, 7) is 0.499. The molecule has 3 aromatic rings. The smallest absolute Gasteiger partial charge is 0.0526 e. The lowest BCUT2D eigenvalue weighted by Crippen LogP contribution is -2.03. The Kier molecular flexibility index (Phi) is 2.64. The highest BCUT2D eigenvalue weighted by molar-refractivity contribution is 5.81. The van der Waals surface area contributed by atoms with E-state index in [1.807, 2.05) is 6.20 Å². The third kappa shape index (κ3) is 1.71. The highest BCUT2D eigenvalue weighted by Crippen LogP contribution is 2.21. The first kappa shape index (κ1) is 11.0. The van der Waals surface area contributed by atoms with Gasteiger partial charge in [-0.15, -0.1) is 0 Å². The minimum atomic E-state index is 0.499. The Morgan fingerprint density at radius 2 is 2.17 bits per heavy atom. The second-order valence-corrected chi connectivity index (χ2v) is 4.51. The molecule has 0 aliphatic heterocycles. The first-order valence-electron chi connectivity index (χ1n) is 6.04. The maximum atomic E-state index is 5.68. The lowest BCUT2D eigenvalue weighted by molar-refractivity contribution is 0.868. The molecule has 18 heavy (non-hydrogen) atoms. The van der Waals surface area contributed by atoms with Crippen LogP contribution in [-0.4, -0.2) is 14.8 Å². The molecule has 2 heterocycles. The molecule has 0 fully saturated rings. The highest BCUT2D eigenvalue weighted by Gasteiger charge is 2.09. The minimum Gasteiger partial charge on any atom is -0.347 e. The Hall–Kier alpha value is -2.07. The van der Waals surface area contributed by atoms with E-state index in [-0.39, 0.29) is 0 Å². The zero-order chi connectivity index (χ0) is 12.5. The van der Waals surface area contributed by atoms with E-state index in [2.05, 4.69) is 52.1 Å². The van der Waals surface area contributed by atoms with Crippen LogP contribution in [0.4, 0.5) is 0 Å². The fourth-order valence-electron chi connectivity index (χ4n) is 2.38. The van der Waals surface area contributed by atoms with E-state index in [1.54, 1.807) is 0 Å². The minimum absolute atomic E-state index is 0.499. The number of nitrogens with one attached hydrogen (secondary N) is 1. The highest BCUT2D eigenvalue weighted by atomic mass is 15.1. The molecule has 0 amide bonds. The molecule has 92 valence electrons. The van der Waals surface area contributed by atoms with Gasteiger partial charge in [0.15, 0.2) is 0 Å². The molecule has 3 N–H and O–H groups in total. The monoisotopic (exact) mass is 240 g/mol. The summed E-state index contributed by atoms with van der Waals surface area (Å²) in [7, 11) is 2.10. The van der Waals surface area contributed by atoms with Gasteiger partial charge >= 0.3 is 0 Å². The number of rotatable bonds is 3. The topological polar surface area (TPSA) is 59.6 Å². The largest absolute Gasteiger partial charge is 0.347 e. The van der Waals surface area contributed by atoms with Crippen LogP contribution in [0.5, 0.6) is 0 Å². The predicted molar refractivity (Wildman–Crippen MR) is 72.2 cm³/mol. The number of fused-ring (bicyclic) bond motifs is 1. The zero-order valence-electron chi connectivity index (χ0n) is 10.4. The first-order valence-corrected chi connectivity index (χ1v) is 6.04. The number of para-hydroxylation sites is 1. The predicted octanol–water partition coefficient (Wildman–Crippen LogP) is 1.95. The number of nitrogens with two attached hydrogens (primary N) is 1. The van der Waals surface area contributed by atoms with E-state index >= 15 is 0 Å². The van der Waals surface area contributed by atoms with Crippen molar-refractivity contribution in [2.24, 2.45) is 12.8 Å². The van der Waals surface area contributed by atoms with Crippen LogP contribution >= 0.6 is 0 Å². The summed E-state index contributed by atoms with van der Waals surface area (Å²) in [6, 6.07) is 10.6. The third-order valence-electron chi connectivity index (χ3n) is 3.43. The maximum absolute atomic E-state index is 5.68. The van der Waals surface area contributed by atoms with Gasteiger partial charge in [-0.05, 0) is 17.5 Å². The van der Waals surface area contributed by atoms with Crippen molar-refractivity contribution in [2.45, 2.75) is 13.0 Å². The van der Waals surface area contributed by atoms with Crippen LogP contribution in [-0.2, 0) is 20.0 Å². The average molecular weight is 240 g/mol. The Morgan fingerprint density at radius 1 is 1.33 bits per heavy atom. The Balaban J connectivity index is 2.02. The molecule has 4 nitrogen and oxygen atoms in total. The molecule has 0 saturated heterocycles. The van der Waals surface area contributed by atoms with Crippen molar-refractivity contribution >= 4 is 10.9 Å². The van der Waals surface area contributed by atoms with Crippen molar-refractivity contribution in [1.29, 1.82) is 0 Å². The van der Waals surface area contributed by atoms with Crippen LogP contribution in [0, 0.1) is 0 Å². The standard InChI is InChI=1S/C14H16N4/c1-18-12(6-10-4-2-3-5-14(10)18)7-11-9-16-17-13(11)8-15/h2-6,9H,7-8,15H2,1H3,(H,16,17). The molecule has 0 aliphatic carbocycles. The first-order chi connectivity index (χ1) is 8.79. The van der Waals surface area contributed by atoms with E-state index in [0.717, 1.165) is 12.1 Å². The van der Waals surface area contributed by atoms with Gasteiger partial charge in [-0.1, -0.05) is 18.2 Å². The molecule has 0 radical (unpaired) electrons. The SMILES string of the molecule is Cn1c(Cc2cn[nH]c2CN)cc2ccccc21. The van der Waals surface area contributed by atoms with Crippen LogP contribution in [0.15, 0.2) is 36.5 Å². The molecular formula is C14H16N4. The van der Waals surface area contributed by atoms with Gasteiger partial charge in [0, 0.05) is 36.8 Å². The molecule has 2 aromatic heterocycles. The summed E-state index contributed by atoms with van der Waals surface area (Å²) in [5.74, 6) is 0. The van der Waals surface area contributed by atoms with Gasteiger partial charge in [0.2, 0.25) is 0 Å². The molecule has 0 spiro atoms. The van der Waals surface area contributed by atoms with Crippen molar-refractivity contribution in [3.8, 4) is 0 Å². The Bertz CT molecular complexity index is 678. The van der Waals surface area contributed by atoms with Crippen LogP contribution in [0.3, 0.4) is 0 Å². The molecule has 0 aliphatic rings. The number of hydrogen-bond donors (Lipinski definition) is 2. The number of aryl methyl sites for hydroxylation is 1. The van der Waals surface area contributed by atoms with E-state index < -0.39 is 0 Å². The Labute approximate surface area is 105 Å². The molecular weight excluding hydrogens is 224 g/mol. The fraction of sp³-hybridized carbons (Fsp3) is 0.214. The van der Waals surface area contributed by atoms with Crippen LogP contribution in [0.25, 0.3) is 10.9 Å². The summed E-state index contributed by atoms with van der Waals surface area (Å²) in [4.78, 5) is 0. The van der Waals surface area contributed by atoms with Gasteiger partial charge in [-0.3, -0.25) is 5.10 Å². The lowest BCUT2D eigenvalue weighted by Gasteiger charge is -2.04. The van der Waals surface area contributed by atoms with Gasteiger partial charge in [0.05, 0.1) is 11.9 Å². The van der Waals surface area contributed by atoms with E-state index in [1.165, 1.54) is 22.2 Å². The fourth-order valence-corrected chi connectivity index (χ4v) is 2.38. The van der Waals surface area contributed by atoms with Gasteiger partial charge in [0.25, 0.3) is 0 Å². The van der Waals surface area contributed by atoms with Crippen molar-refractivity contribution in [1.82, 2.24) is 14.8 Å². The van der Waals surface area contributed by atoms with Crippen molar-refractivity contribution in [3.05, 3.63) is 53.5 Å². The summed E-state index contributed by atoms with van der Waals surface area (Å²) in [5, 5.41) is 8.27. The lowest BCUT2D eigenvalue weighted by atomic mass is 10.1. The van der Waals surface area contributed by atoms with Gasteiger partial charge in [0.1, 0.15) is 0 Å². The number of benzene rings is 1. The normalized spacial score (nSPS) is 11.2. The average Bonchev–Trinajstić information content (AvgIpc) is 2.96. The molecule has 0 saturated carbocycles. The summed E-state index contributed by atoms with van der Waals surface area (Å²) < 4.78 is 2.22. The summed E-state index contributed by atoms with van der Waals surface area (Å²) in [5.41, 5.74) is 10.4. The second-order valence-electron chi connectivity index (χ2n) is 4.51. The number of hydrogen-bond acceptors (Lipinski definition) is 2. The Morgan fingerprint density at radius 3 is 2.94 bits per heavy atom. The summed E-state index contributed by atoms with van der Waals surface area (Å²) in [6.07, 6.45) is 2.72. The van der Waals surface area contributed by atoms with Crippen molar-refractivity contribution in [2.75, 3.05) is 0 Å². The maximum Gasteiger partial charge on any atom is 0.0526 e. The second kappa shape index (κ2) is 4.31. The number of nitrogens with zero attached hydrogens (tertiary/aromatic N) is 2. The van der Waals surface area contributed by atoms with Crippen LogP contribution in [0.1, 0.15) is 17.0 Å². The van der Waals surface area contributed by atoms with Crippen LogP contribution in [0.2, 0.25) is 0 Å². The molecule has 1 aromatic carbocycles. The third-order valence-corrected chi connectivity index (χ3v) is 3.43. The summed E-state index contributed by atoms with van der Waals surface area (Å²) >= 11 is 0. The molecule has 0 bridgehead atoms. The van der Waals surface area contributed by atoms with Crippen LogP contribution < -0.4 is 5.73 Å². The van der Waals surface area contributed by atoms with Gasteiger partial charge < -0.3 is 10.3 Å². The molecule has 0 unspecified atom stereocenters. The quantitative estimate of drug-likeness (QED) is 0.735. The molecule has 4 heteroatoms. The zero-order valence-corrected chi connectivity index (χ0v) is 10.4.